The first-order valence-corrected chi connectivity index (χ1v) is 9.89. The first-order chi connectivity index (χ1) is 13.6. The number of ketones is 1. The fourth-order valence-electron chi connectivity index (χ4n) is 3.34. The molecule has 0 aliphatic carbocycles. The van der Waals surface area contributed by atoms with Crippen LogP contribution in [0.3, 0.4) is 0 Å². The maximum Gasteiger partial charge on any atom is 0.231 e. The van der Waals surface area contributed by atoms with Crippen molar-refractivity contribution in [2.75, 3.05) is 12.5 Å². The van der Waals surface area contributed by atoms with Gasteiger partial charge in [-0.3, -0.25) is 9.20 Å². The molecule has 28 heavy (non-hydrogen) atoms. The fraction of sp³-hybridized carbons (Fsp3) is 0.190. The minimum absolute atomic E-state index is 0.0660. The van der Waals surface area contributed by atoms with Gasteiger partial charge in [0.2, 0.25) is 6.79 Å². The molecule has 0 amide bonds. The number of carbonyl (C=O) groups is 1. The maximum absolute atomic E-state index is 12.6. The summed E-state index contributed by atoms with van der Waals surface area (Å²) in [6.45, 7) is 4.23. The van der Waals surface area contributed by atoms with Crippen molar-refractivity contribution < 1.29 is 14.3 Å². The van der Waals surface area contributed by atoms with E-state index in [0.717, 1.165) is 33.4 Å². The van der Waals surface area contributed by atoms with Crippen LogP contribution in [0.4, 0.5) is 0 Å². The van der Waals surface area contributed by atoms with E-state index in [-0.39, 0.29) is 12.6 Å². The Bertz CT molecular complexity index is 1230. The lowest BCUT2D eigenvalue weighted by molar-refractivity contribution is 0.102. The number of fused-ring (bicyclic) bond motifs is 4. The Hall–Kier alpha value is -3.06. The molecule has 7 heteroatoms. The fourth-order valence-corrected chi connectivity index (χ4v) is 4.18. The second-order valence-electron chi connectivity index (χ2n) is 6.81. The van der Waals surface area contributed by atoms with Crippen LogP contribution in [-0.2, 0) is 0 Å². The summed E-state index contributed by atoms with van der Waals surface area (Å²) in [6.07, 6.45) is 0. The Kier molecular flexibility index (Phi) is 3.98. The Morgan fingerprint density at radius 3 is 2.61 bits per heavy atom. The first-order valence-electron chi connectivity index (χ1n) is 8.91. The first kappa shape index (κ1) is 17.1. The van der Waals surface area contributed by atoms with Crippen molar-refractivity contribution in [1.29, 1.82) is 0 Å². The highest BCUT2D eigenvalue weighted by molar-refractivity contribution is 7.99. The van der Waals surface area contributed by atoms with E-state index < -0.39 is 0 Å². The van der Waals surface area contributed by atoms with Gasteiger partial charge in [0.05, 0.1) is 11.3 Å². The van der Waals surface area contributed by atoms with E-state index in [1.165, 1.54) is 11.8 Å². The highest BCUT2D eigenvalue weighted by atomic mass is 32.2. The topological polar surface area (TPSA) is 65.7 Å². The number of hydrogen-bond acceptors (Lipinski definition) is 6. The quantitative estimate of drug-likeness (QED) is 0.384. The summed E-state index contributed by atoms with van der Waals surface area (Å²) in [6, 6.07) is 13.6. The molecule has 6 nitrogen and oxygen atoms in total. The summed E-state index contributed by atoms with van der Waals surface area (Å²) in [5.74, 6) is 1.81. The molecular weight excluding hydrogens is 374 g/mol. The lowest BCUT2D eigenvalue weighted by Gasteiger charge is -2.08. The van der Waals surface area contributed by atoms with Crippen LogP contribution in [0.5, 0.6) is 11.5 Å². The average molecular weight is 391 g/mol. The van der Waals surface area contributed by atoms with Crippen LogP contribution in [0, 0.1) is 13.8 Å². The molecule has 0 fully saturated rings. The molecule has 0 saturated carbocycles. The molecule has 1 aliphatic heterocycles. The molecule has 0 saturated heterocycles. The third kappa shape index (κ3) is 2.79. The van der Waals surface area contributed by atoms with Crippen LogP contribution in [0.15, 0.2) is 47.6 Å². The van der Waals surface area contributed by atoms with Gasteiger partial charge < -0.3 is 9.47 Å². The van der Waals surface area contributed by atoms with E-state index in [1.807, 2.05) is 54.6 Å². The van der Waals surface area contributed by atoms with E-state index in [9.17, 15) is 4.79 Å². The van der Waals surface area contributed by atoms with Crippen LogP contribution in [0.2, 0.25) is 0 Å². The van der Waals surface area contributed by atoms with Crippen molar-refractivity contribution in [3.05, 3.63) is 59.2 Å². The average Bonchev–Trinajstić information content (AvgIpc) is 3.32. The van der Waals surface area contributed by atoms with Gasteiger partial charge >= 0.3 is 0 Å². The van der Waals surface area contributed by atoms with Crippen LogP contribution >= 0.6 is 11.8 Å². The van der Waals surface area contributed by atoms with Gasteiger partial charge in [-0.1, -0.05) is 41.6 Å². The molecule has 0 spiro atoms. The van der Waals surface area contributed by atoms with Gasteiger partial charge in [-0.15, -0.1) is 10.2 Å². The van der Waals surface area contributed by atoms with Gasteiger partial charge in [0, 0.05) is 17.0 Å². The van der Waals surface area contributed by atoms with Gasteiger partial charge in [-0.05, 0) is 31.5 Å². The largest absolute Gasteiger partial charge is 0.454 e. The molecular formula is C21H17N3O3S. The van der Waals surface area contributed by atoms with Crippen LogP contribution in [-0.4, -0.2) is 32.9 Å². The van der Waals surface area contributed by atoms with Crippen molar-refractivity contribution >= 4 is 34.1 Å². The molecule has 140 valence electrons. The second kappa shape index (κ2) is 6.53. The summed E-state index contributed by atoms with van der Waals surface area (Å²) in [7, 11) is 0. The highest BCUT2D eigenvalue weighted by Crippen LogP contribution is 2.37. The standard InChI is InChI=1S/C21H17N3O3S/c1-12-3-5-14(6-4-12)17(25)10-28-21-23-22-20-13(2)7-15-8-18-19(27-11-26-18)9-16(15)24(20)21/h3-9H,10-11H2,1-2H3. The summed E-state index contributed by atoms with van der Waals surface area (Å²) in [5.41, 5.74) is 4.55. The van der Waals surface area contributed by atoms with Crippen LogP contribution < -0.4 is 9.47 Å². The number of benzene rings is 2. The second-order valence-corrected chi connectivity index (χ2v) is 7.75. The Morgan fingerprint density at radius 2 is 1.82 bits per heavy atom. The predicted octanol–water partition coefficient (Wildman–Crippen LogP) is 4.20. The Morgan fingerprint density at radius 1 is 1.07 bits per heavy atom. The molecule has 0 N–H and O–H groups in total. The number of aromatic nitrogens is 3. The number of nitrogens with zero attached hydrogens (tertiary/aromatic N) is 3. The van der Waals surface area contributed by atoms with Crippen LogP contribution in [0.25, 0.3) is 16.6 Å². The molecule has 1 aliphatic rings. The van der Waals surface area contributed by atoms with E-state index in [4.69, 9.17) is 9.47 Å². The van der Waals surface area contributed by atoms with E-state index >= 15 is 0 Å². The number of hydrogen-bond donors (Lipinski definition) is 0. The number of ether oxygens (including phenoxy) is 2. The molecule has 0 radical (unpaired) electrons. The predicted molar refractivity (Wildman–Crippen MR) is 108 cm³/mol. The van der Waals surface area contributed by atoms with Crippen molar-refractivity contribution in [3.8, 4) is 11.5 Å². The van der Waals surface area contributed by atoms with E-state index in [1.54, 1.807) is 0 Å². The summed E-state index contributed by atoms with van der Waals surface area (Å²) >= 11 is 1.39. The maximum atomic E-state index is 12.6. The van der Waals surface area contributed by atoms with Crippen molar-refractivity contribution in [2.45, 2.75) is 19.0 Å². The molecule has 0 unspecified atom stereocenters. The molecule has 4 aromatic rings. The molecule has 2 aromatic heterocycles. The monoisotopic (exact) mass is 391 g/mol. The number of Topliss-reactive ketones (excluding diaryl/α,β-unsaturated/α-hetero) is 1. The molecule has 3 heterocycles. The number of aryl methyl sites for hydroxylation is 2. The van der Waals surface area contributed by atoms with Crippen molar-refractivity contribution in [2.24, 2.45) is 0 Å². The summed E-state index contributed by atoms with van der Waals surface area (Å²) in [5, 5.41) is 10.4. The lowest BCUT2D eigenvalue weighted by atomic mass is 10.1. The minimum atomic E-state index is 0.0660. The smallest absolute Gasteiger partial charge is 0.231 e. The summed E-state index contributed by atoms with van der Waals surface area (Å²) in [4.78, 5) is 12.6. The van der Waals surface area contributed by atoms with E-state index in [2.05, 4.69) is 16.3 Å². The SMILES string of the molecule is Cc1ccc(C(=O)CSc2nnc3c(C)cc4cc5c(cc4n23)OCO5)cc1. The number of carbonyl (C=O) groups excluding carboxylic acids is 1. The Balaban J connectivity index is 1.53. The zero-order chi connectivity index (χ0) is 19.3. The van der Waals surface area contributed by atoms with Gasteiger partial charge in [-0.2, -0.15) is 0 Å². The molecule has 0 atom stereocenters. The van der Waals surface area contributed by atoms with Gasteiger partial charge in [0.1, 0.15) is 0 Å². The van der Waals surface area contributed by atoms with Crippen LogP contribution in [0.1, 0.15) is 21.5 Å². The molecule has 5 rings (SSSR count). The normalized spacial score (nSPS) is 12.8. The van der Waals surface area contributed by atoms with Gasteiger partial charge in [-0.25, -0.2) is 0 Å². The third-order valence-corrected chi connectivity index (χ3v) is 5.76. The highest BCUT2D eigenvalue weighted by Gasteiger charge is 2.19. The Labute approximate surface area is 165 Å². The zero-order valence-electron chi connectivity index (χ0n) is 15.4. The lowest BCUT2D eigenvalue weighted by Crippen LogP contribution is -2.03. The molecule has 0 bridgehead atoms. The van der Waals surface area contributed by atoms with Crippen molar-refractivity contribution in [1.82, 2.24) is 14.6 Å². The van der Waals surface area contributed by atoms with E-state index in [0.29, 0.717) is 22.2 Å². The summed E-state index contributed by atoms with van der Waals surface area (Å²) < 4.78 is 13.0. The van der Waals surface area contributed by atoms with Gasteiger partial charge in [0.15, 0.2) is 28.1 Å². The number of pyridine rings is 1. The number of rotatable bonds is 4. The van der Waals surface area contributed by atoms with Gasteiger partial charge in [0.25, 0.3) is 0 Å². The minimum Gasteiger partial charge on any atom is -0.454 e. The molecule has 2 aromatic carbocycles. The van der Waals surface area contributed by atoms with Crippen molar-refractivity contribution in [3.63, 3.8) is 0 Å². The zero-order valence-corrected chi connectivity index (χ0v) is 16.2. The third-order valence-electron chi connectivity index (χ3n) is 4.83. The number of thioether (sulfide) groups is 1.